The van der Waals surface area contributed by atoms with Gasteiger partial charge in [0.15, 0.2) is 0 Å². The van der Waals surface area contributed by atoms with Crippen molar-refractivity contribution in [3.8, 4) is 0 Å². The smallest absolute Gasteiger partial charge is 0.248 e. The van der Waals surface area contributed by atoms with Gasteiger partial charge in [-0.3, -0.25) is 4.79 Å². The third kappa shape index (κ3) is 1.75. The fourth-order valence-corrected chi connectivity index (χ4v) is 2.66. The van der Waals surface area contributed by atoms with Crippen molar-refractivity contribution in [1.82, 2.24) is 5.32 Å². The van der Waals surface area contributed by atoms with Crippen LogP contribution in [0.15, 0.2) is 24.3 Å². The predicted molar refractivity (Wildman–Crippen MR) is 67.9 cm³/mol. The van der Waals surface area contributed by atoms with Crippen molar-refractivity contribution in [3.63, 3.8) is 0 Å². The first-order valence-corrected chi connectivity index (χ1v) is 6.37. The van der Waals surface area contributed by atoms with Crippen molar-refractivity contribution in [2.75, 3.05) is 18.5 Å². The summed E-state index contributed by atoms with van der Waals surface area (Å²) in [6, 6.07) is 7.92. The molecule has 1 amide bonds. The van der Waals surface area contributed by atoms with E-state index in [9.17, 15) is 4.79 Å². The van der Waals surface area contributed by atoms with Crippen molar-refractivity contribution in [2.24, 2.45) is 5.92 Å². The lowest BCUT2D eigenvalue weighted by Gasteiger charge is -2.27. The van der Waals surface area contributed by atoms with Gasteiger partial charge >= 0.3 is 0 Å². The second-order valence-corrected chi connectivity index (χ2v) is 5.09. The van der Waals surface area contributed by atoms with Gasteiger partial charge in [-0.25, -0.2) is 0 Å². The fraction of sp³-hybridized carbons (Fsp3) is 0.500. The van der Waals surface area contributed by atoms with E-state index in [0.29, 0.717) is 0 Å². The van der Waals surface area contributed by atoms with Gasteiger partial charge in [0.1, 0.15) is 6.04 Å². The van der Waals surface area contributed by atoms with Crippen LogP contribution in [0, 0.1) is 5.92 Å². The van der Waals surface area contributed by atoms with Crippen LogP contribution in [0.1, 0.15) is 30.9 Å². The molecular formula is C14H18N2O. The van der Waals surface area contributed by atoms with E-state index in [0.717, 1.165) is 23.7 Å². The molecule has 0 spiro atoms. The third-order valence-electron chi connectivity index (χ3n) is 4.02. The number of nitrogens with one attached hydrogen (secondary N) is 1. The van der Waals surface area contributed by atoms with Crippen LogP contribution in [-0.4, -0.2) is 19.5 Å². The molecule has 1 heterocycles. The number of hydrogen-bond acceptors (Lipinski definition) is 2. The molecule has 3 heteroatoms. The van der Waals surface area contributed by atoms with Crippen LogP contribution < -0.4 is 10.2 Å². The lowest BCUT2D eigenvalue weighted by atomic mass is 9.85. The number of para-hydroxylation sites is 1. The van der Waals surface area contributed by atoms with Gasteiger partial charge < -0.3 is 10.2 Å². The van der Waals surface area contributed by atoms with Crippen molar-refractivity contribution in [2.45, 2.75) is 25.3 Å². The second-order valence-electron chi connectivity index (χ2n) is 5.09. The van der Waals surface area contributed by atoms with Crippen molar-refractivity contribution in [3.05, 3.63) is 29.8 Å². The van der Waals surface area contributed by atoms with Crippen LogP contribution in [0.3, 0.4) is 0 Å². The molecule has 1 saturated carbocycles. The van der Waals surface area contributed by atoms with Gasteiger partial charge in [-0.2, -0.15) is 0 Å². The minimum absolute atomic E-state index is 0.128. The molecule has 1 aromatic rings. The molecule has 0 aromatic heterocycles. The lowest BCUT2D eigenvalue weighted by Crippen LogP contribution is -2.36. The third-order valence-corrected chi connectivity index (χ3v) is 4.02. The standard InChI is InChI=1S/C14H18N2O/c1-16-12-8-3-2-7-11(12)13(14(16)17)15-9-10-5-4-6-10/h2-3,7-8,10,13,15H,4-6,9H2,1H3. The summed E-state index contributed by atoms with van der Waals surface area (Å²) in [6.45, 7) is 0.971. The predicted octanol–water partition coefficient (Wildman–Crippen LogP) is 2.09. The van der Waals surface area contributed by atoms with Crippen LogP contribution in [0.5, 0.6) is 0 Å². The van der Waals surface area contributed by atoms with E-state index in [1.807, 2.05) is 25.2 Å². The van der Waals surface area contributed by atoms with Crippen LogP contribution in [0.25, 0.3) is 0 Å². The Kier molecular flexibility index (Phi) is 2.63. The maximum Gasteiger partial charge on any atom is 0.248 e. The highest BCUT2D eigenvalue weighted by atomic mass is 16.2. The van der Waals surface area contributed by atoms with Gasteiger partial charge in [0.05, 0.1) is 0 Å². The van der Waals surface area contributed by atoms with Crippen molar-refractivity contribution in [1.29, 1.82) is 0 Å². The molecule has 1 aromatic carbocycles. The van der Waals surface area contributed by atoms with Gasteiger partial charge in [-0.05, 0) is 31.4 Å². The highest BCUT2D eigenvalue weighted by Gasteiger charge is 2.35. The summed E-state index contributed by atoms with van der Waals surface area (Å²) in [5.41, 5.74) is 2.17. The summed E-state index contributed by atoms with van der Waals surface area (Å²) in [5, 5.41) is 3.43. The molecule has 3 rings (SSSR count). The Morgan fingerprint density at radius 2 is 2.12 bits per heavy atom. The molecule has 0 bridgehead atoms. The molecule has 2 aliphatic rings. The molecule has 3 nitrogen and oxygen atoms in total. The van der Waals surface area contributed by atoms with E-state index in [-0.39, 0.29) is 11.9 Å². The zero-order chi connectivity index (χ0) is 11.8. The second kappa shape index (κ2) is 4.15. The van der Waals surface area contributed by atoms with Crippen LogP contribution >= 0.6 is 0 Å². The van der Waals surface area contributed by atoms with Gasteiger partial charge in [-0.15, -0.1) is 0 Å². The highest BCUT2D eigenvalue weighted by Crippen LogP contribution is 2.35. The number of benzene rings is 1. The number of likely N-dealkylation sites (N-methyl/N-ethyl adjacent to an activating group) is 1. The molecular weight excluding hydrogens is 212 g/mol. The quantitative estimate of drug-likeness (QED) is 0.862. The first-order valence-electron chi connectivity index (χ1n) is 6.37. The number of carbonyl (C=O) groups excluding carboxylic acids is 1. The van der Waals surface area contributed by atoms with E-state index >= 15 is 0 Å². The molecule has 0 saturated heterocycles. The summed E-state index contributed by atoms with van der Waals surface area (Å²) in [6.07, 6.45) is 3.97. The molecule has 1 atom stereocenters. The summed E-state index contributed by atoms with van der Waals surface area (Å²) >= 11 is 0. The van der Waals surface area contributed by atoms with E-state index < -0.39 is 0 Å². The topological polar surface area (TPSA) is 32.3 Å². The Labute approximate surface area is 102 Å². The van der Waals surface area contributed by atoms with E-state index in [1.54, 1.807) is 4.90 Å². The van der Waals surface area contributed by atoms with Gasteiger partial charge in [0.2, 0.25) is 5.91 Å². The Morgan fingerprint density at radius 1 is 1.35 bits per heavy atom. The lowest BCUT2D eigenvalue weighted by molar-refractivity contribution is -0.119. The van der Waals surface area contributed by atoms with E-state index in [4.69, 9.17) is 0 Å². The monoisotopic (exact) mass is 230 g/mol. The summed E-state index contributed by atoms with van der Waals surface area (Å²) in [7, 11) is 1.85. The van der Waals surface area contributed by atoms with Crippen LogP contribution in [0.2, 0.25) is 0 Å². The molecule has 1 aliphatic carbocycles. The normalized spacial score (nSPS) is 23.7. The zero-order valence-corrected chi connectivity index (χ0v) is 10.1. The minimum atomic E-state index is -0.128. The first-order chi connectivity index (χ1) is 8.27. The number of rotatable bonds is 3. The first kappa shape index (κ1) is 10.8. The van der Waals surface area contributed by atoms with E-state index in [2.05, 4.69) is 11.4 Å². The minimum Gasteiger partial charge on any atom is -0.313 e. The van der Waals surface area contributed by atoms with Crippen LogP contribution in [-0.2, 0) is 4.79 Å². The number of carbonyl (C=O) groups is 1. The maximum absolute atomic E-state index is 12.1. The molecule has 1 aliphatic heterocycles. The number of amides is 1. The molecule has 1 fully saturated rings. The average molecular weight is 230 g/mol. The largest absolute Gasteiger partial charge is 0.313 e. The SMILES string of the molecule is CN1C(=O)C(NCC2CCC2)c2ccccc21. The molecule has 0 radical (unpaired) electrons. The number of nitrogens with zero attached hydrogens (tertiary/aromatic N) is 1. The number of anilines is 1. The molecule has 1 N–H and O–H groups in total. The van der Waals surface area contributed by atoms with Crippen molar-refractivity contribution < 1.29 is 4.79 Å². The van der Waals surface area contributed by atoms with Gasteiger partial charge in [0.25, 0.3) is 0 Å². The van der Waals surface area contributed by atoms with Gasteiger partial charge in [0, 0.05) is 18.3 Å². The number of fused-ring (bicyclic) bond motifs is 1. The molecule has 1 unspecified atom stereocenters. The highest BCUT2D eigenvalue weighted by molar-refractivity contribution is 6.04. The Balaban J connectivity index is 1.77. The van der Waals surface area contributed by atoms with Crippen molar-refractivity contribution >= 4 is 11.6 Å². The Bertz CT molecular complexity index is 440. The summed E-state index contributed by atoms with van der Waals surface area (Å²) in [5.74, 6) is 0.950. The number of hydrogen-bond donors (Lipinski definition) is 1. The molecule has 17 heavy (non-hydrogen) atoms. The van der Waals surface area contributed by atoms with Crippen LogP contribution in [0.4, 0.5) is 5.69 Å². The average Bonchev–Trinajstić information content (AvgIpc) is 2.53. The summed E-state index contributed by atoms with van der Waals surface area (Å²) < 4.78 is 0. The Hall–Kier alpha value is -1.35. The summed E-state index contributed by atoms with van der Waals surface area (Å²) in [4.78, 5) is 13.9. The van der Waals surface area contributed by atoms with E-state index in [1.165, 1.54) is 19.3 Å². The zero-order valence-electron chi connectivity index (χ0n) is 10.1. The Morgan fingerprint density at radius 3 is 2.82 bits per heavy atom. The fourth-order valence-electron chi connectivity index (χ4n) is 2.66. The maximum atomic E-state index is 12.1. The molecule has 90 valence electrons. The van der Waals surface area contributed by atoms with Gasteiger partial charge in [-0.1, -0.05) is 24.6 Å².